The van der Waals surface area contributed by atoms with Crippen molar-refractivity contribution in [2.75, 3.05) is 6.54 Å². The molecule has 1 unspecified atom stereocenters. The lowest BCUT2D eigenvalue weighted by Crippen LogP contribution is -2.20. The maximum atomic E-state index is 3.61. The summed E-state index contributed by atoms with van der Waals surface area (Å²) in [5.41, 5.74) is 0. The lowest BCUT2D eigenvalue weighted by atomic mass is 9.92. The van der Waals surface area contributed by atoms with Crippen molar-refractivity contribution in [3.8, 4) is 0 Å². The lowest BCUT2D eigenvalue weighted by Gasteiger charge is -2.16. The van der Waals surface area contributed by atoms with Crippen LogP contribution in [0.4, 0.5) is 0 Å². The Kier molecular flexibility index (Phi) is 3.86. The highest BCUT2D eigenvalue weighted by Crippen LogP contribution is 2.31. The third-order valence-corrected chi connectivity index (χ3v) is 3.86. The molecule has 2 rings (SSSR count). The minimum absolute atomic E-state index is 0.897. The minimum Gasteiger partial charge on any atom is -0.314 e. The third kappa shape index (κ3) is 3.61. The van der Waals surface area contributed by atoms with Crippen molar-refractivity contribution in [3.63, 3.8) is 0 Å². The second kappa shape index (κ2) is 5.16. The molecule has 14 heavy (non-hydrogen) atoms. The Morgan fingerprint density at radius 2 is 1.86 bits per heavy atom. The molecule has 0 bridgehead atoms. The molecule has 0 heterocycles. The normalized spacial score (nSPS) is 25.5. The Hall–Kier alpha value is -0.0400. The zero-order chi connectivity index (χ0) is 9.80. The standard InChI is InChI=1S/C13H25N/c1-11(8-9-14-13-6-7-13)10-12-4-2-3-5-12/h11-14H,2-10H2,1H3. The van der Waals surface area contributed by atoms with Crippen LogP contribution in [0.25, 0.3) is 0 Å². The molecule has 1 nitrogen and oxygen atoms in total. The molecular formula is C13H25N. The maximum absolute atomic E-state index is 3.61. The van der Waals surface area contributed by atoms with Gasteiger partial charge < -0.3 is 5.32 Å². The molecule has 0 aromatic carbocycles. The average molecular weight is 195 g/mol. The fourth-order valence-corrected chi connectivity index (χ4v) is 2.75. The molecule has 1 heteroatoms. The summed E-state index contributed by atoms with van der Waals surface area (Å²) in [5.74, 6) is 2.02. The van der Waals surface area contributed by atoms with Crippen molar-refractivity contribution in [2.24, 2.45) is 11.8 Å². The first-order valence-electron chi connectivity index (χ1n) is 6.58. The van der Waals surface area contributed by atoms with Crippen LogP contribution in [0, 0.1) is 11.8 Å². The predicted molar refractivity (Wildman–Crippen MR) is 61.4 cm³/mol. The van der Waals surface area contributed by atoms with Gasteiger partial charge in [-0.3, -0.25) is 0 Å². The van der Waals surface area contributed by atoms with E-state index >= 15 is 0 Å². The van der Waals surface area contributed by atoms with Gasteiger partial charge in [-0.25, -0.2) is 0 Å². The van der Waals surface area contributed by atoms with E-state index in [9.17, 15) is 0 Å². The van der Waals surface area contributed by atoms with Gasteiger partial charge in [-0.1, -0.05) is 32.6 Å². The summed E-state index contributed by atoms with van der Waals surface area (Å²) < 4.78 is 0. The van der Waals surface area contributed by atoms with E-state index in [4.69, 9.17) is 0 Å². The molecule has 0 aliphatic heterocycles. The summed E-state index contributed by atoms with van der Waals surface area (Å²) in [4.78, 5) is 0. The van der Waals surface area contributed by atoms with Crippen molar-refractivity contribution >= 4 is 0 Å². The molecule has 1 atom stereocenters. The van der Waals surface area contributed by atoms with Gasteiger partial charge in [0.25, 0.3) is 0 Å². The molecule has 2 saturated carbocycles. The quantitative estimate of drug-likeness (QED) is 0.685. The average Bonchev–Trinajstić information content (AvgIpc) is 2.83. The topological polar surface area (TPSA) is 12.0 Å². The fourth-order valence-electron chi connectivity index (χ4n) is 2.75. The number of hydrogen-bond donors (Lipinski definition) is 1. The zero-order valence-corrected chi connectivity index (χ0v) is 9.60. The highest BCUT2D eigenvalue weighted by atomic mass is 14.9. The van der Waals surface area contributed by atoms with Gasteiger partial charge in [-0.05, 0) is 44.1 Å². The Balaban J connectivity index is 1.50. The zero-order valence-electron chi connectivity index (χ0n) is 9.60. The van der Waals surface area contributed by atoms with Crippen LogP contribution in [0.3, 0.4) is 0 Å². The molecule has 0 saturated heterocycles. The molecule has 82 valence electrons. The summed E-state index contributed by atoms with van der Waals surface area (Å²) in [6.45, 7) is 3.70. The molecule has 2 aliphatic rings. The SMILES string of the molecule is CC(CCNC1CC1)CC1CCCC1. The number of nitrogens with one attached hydrogen (secondary N) is 1. The van der Waals surface area contributed by atoms with Crippen LogP contribution in [-0.2, 0) is 0 Å². The van der Waals surface area contributed by atoms with Crippen molar-refractivity contribution in [1.82, 2.24) is 5.32 Å². The second-order valence-electron chi connectivity index (χ2n) is 5.51. The maximum Gasteiger partial charge on any atom is 0.00682 e. The van der Waals surface area contributed by atoms with Crippen LogP contribution in [0.15, 0.2) is 0 Å². The molecule has 0 spiro atoms. The number of rotatable bonds is 6. The van der Waals surface area contributed by atoms with E-state index in [0.29, 0.717) is 0 Å². The van der Waals surface area contributed by atoms with E-state index in [-0.39, 0.29) is 0 Å². The Morgan fingerprint density at radius 1 is 1.14 bits per heavy atom. The highest BCUT2D eigenvalue weighted by Gasteiger charge is 2.21. The summed E-state index contributed by atoms with van der Waals surface area (Å²) in [6.07, 6.45) is 11.8. The van der Waals surface area contributed by atoms with Crippen LogP contribution < -0.4 is 5.32 Å². The molecule has 2 fully saturated rings. The largest absolute Gasteiger partial charge is 0.314 e. The van der Waals surface area contributed by atoms with E-state index in [1.807, 2.05) is 0 Å². The number of hydrogen-bond acceptors (Lipinski definition) is 1. The van der Waals surface area contributed by atoms with Crippen LogP contribution in [0.2, 0.25) is 0 Å². The molecule has 1 N–H and O–H groups in total. The van der Waals surface area contributed by atoms with Gasteiger partial charge in [0.1, 0.15) is 0 Å². The Morgan fingerprint density at radius 3 is 2.50 bits per heavy atom. The van der Waals surface area contributed by atoms with Crippen molar-refractivity contribution < 1.29 is 0 Å². The summed E-state index contributed by atoms with van der Waals surface area (Å²) in [5, 5.41) is 3.61. The van der Waals surface area contributed by atoms with E-state index in [1.165, 1.54) is 57.9 Å². The Bertz CT molecular complexity index is 157. The van der Waals surface area contributed by atoms with Crippen LogP contribution in [-0.4, -0.2) is 12.6 Å². The van der Waals surface area contributed by atoms with Crippen molar-refractivity contribution in [1.29, 1.82) is 0 Å². The second-order valence-corrected chi connectivity index (χ2v) is 5.51. The molecule has 0 aromatic heterocycles. The van der Waals surface area contributed by atoms with Gasteiger partial charge in [-0.2, -0.15) is 0 Å². The molecule has 0 aromatic rings. The molecule has 0 radical (unpaired) electrons. The van der Waals surface area contributed by atoms with Gasteiger partial charge in [0.2, 0.25) is 0 Å². The monoisotopic (exact) mass is 195 g/mol. The smallest absolute Gasteiger partial charge is 0.00682 e. The third-order valence-electron chi connectivity index (χ3n) is 3.86. The molecular weight excluding hydrogens is 170 g/mol. The summed E-state index contributed by atoms with van der Waals surface area (Å²) in [7, 11) is 0. The lowest BCUT2D eigenvalue weighted by molar-refractivity contribution is 0.373. The molecule has 2 aliphatic carbocycles. The summed E-state index contributed by atoms with van der Waals surface area (Å²) in [6, 6.07) is 0.897. The van der Waals surface area contributed by atoms with Gasteiger partial charge in [-0.15, -0.1) is 0 Å². The van der Waals surface area contributed by atoms with E-state index in [2.05, 4.69) is 12.2 Å². The van der Waals surface area contributed by atoms with E-state index < -0.39 is 0 Å². The van der Waals surface area contributed by atoms with Crippen molar-refractivity contribution in [2.45, 2.75) is 64.3 Å². The van der Waals surface area contributed by atoms with Gasteiger partial charge >= 0.3 is 0 Å². The Labute approximate surface area is 88.7 Å². The highest BCUT2D eigenvalue weighted by molar-refractivity contribution is 4.81. The van der Waals surface area contributed by atoms with Crippen LogP contribution in [0.1, 0.15) is 58.3 Å². The minimum atomic E-state index is 0.897. The van der Waals surface area contributed by atoms with E-state index in [1.54, 1.807) is 0 Å². The van der Waals surface area contributed by atoms with Crippen molar-refractivity contribution in [3.05, 3.63) is 0 Å². The van der Waals surface area contributed by atoms with Gasteiger partial charge in [0.05, 0.1) is 0 Å². The summed E-state index contributed by atoms with van der Waals surface area (Å²) >= 11 is 0. The van der Waals surface area contributed by atoms with Gasteiger partial charge in [0.15, 0.2) is 0 Å². The van der Waals surface area contributed by atoms with E-state index in [0.717, 1.165) is 17.9 Å². The fraction of sp³-hybridized carbons (Fsp3) is 1.00. The first-order chi connectivity index (χ1) is 6.84. The predicted octanol–water partition coefficient (Wildman–Crippen LogP) is 3.34. The first kappa shape index (κ1) is 10.5. The first-order valence-corrected chi connectivity index (χ1v) is 6.58. The molecule has 0 amide bonds. The van der Waals surface area contributed by atoms with Crippen LogP contribution in [0.5, 0.6) is 0 Å². The van der Waals surface area contributed by atoms with Gasteiger partial charge in [0, 0.05) is 6.04 Å². The van der Waals surface area contributed by atoms with Crippen LogP contribution >= 0.6 is 0 Å².